The minimum atomic E-state index is -3.60. The first-order valence-corrected chi connectivity index (χ1v) is 12.8. The lowest BCUT2D eigenvalue weighted by molar-refractivity contribution is -0.129. The summed E-state index contributed by atoms with van der Waals surface area (Å²) >= 11 is 0. The zero-order valence-electron chi connectivity index (χ0n) is 19.0. The first kappa shape index (κ1) is 24.0. The molecule has 2 aliphatic rings. The maximum atomic E-state index is 12.9. The minimum Gasteiger partial charge on any atom is -0.454 e. The Bertz CT molecular complexity index is 1140. The van der Waals surface area contributed by atoms with E-state index in [0.717, 1.165) is 31.2 Å². The molecular weight excluding hydrogens is 460 g/mol. The quantitative estimate of drug-likeness (QED) is 0.597. The third kappa shape index (κ3) is 5.51. The molecule has 34 heavy (non-hydrogen) atoms. The first-order valence-electron chi connectivity index (χ1n) is 11.3. The van der Waals surface area contributed by atoms with Gasteiger partial charge in [0.2, 0.25) is 16.8 Å². The summed E-state index contributed by atoms with van der Waals surface area (Å²) in [6, 6.07) is 11.0. The molecule has 0 radical (unpaired) electrons. The molecule has 1 saturated heterocycles. The number of nitrogens with zero attached hydrogens (tertiary/aromatic N) is 1. The molecule has 2 aromatic carbocycles. The van der Waals surface area contributed by atoms with Crippen molar-refractivity contribution in [3.63, 3.8) is 0 Å². The van der Waals surface area contributed by atoms with Crippen LogP contribution >= 0.6 is 0 Å². The topological polar surface area (TPSA) is 111 Å². The van der Waals surface area contributed by atoms with Crippen LogP contribution in [-0.2, 0) is 26.1 Å². The molecule has 2 aliphatic heterocycles. The molecule has 9 nitrogen and oxygen atoms in total. The Kier molecular flexibility index (Phi) is 7.38. The van der Waals surface area contributed by atoms with E-state index in [2.05, 4.69) is 5.32 Å². The summed E-state index contributed by atoms with van der Waals surface area (Å²) in [4.78, 5) is 25.0. The second kappa shape index (κ2) is 10.4. The Hall–Kier alpha value is -3.11. The molecule has 2 aromatic rings. The van der Waals surface area contributed by atoms with Crippen molar-refractivity contribution in [2.45, 2.75) is 50.2 Å². The Labute approximate surface area is 199 Å². The highest BCUT2D eigenvalue weighted by Crippen LogP contribution is 2.32. The van der Waals surface area contributed by atoms with Crippen molar-refractivity contribution >= 4 is 21.9 Å². The predicted molar refractivity (Wildman–Crippen MR) is 123 cm³/mol. The van der Waals surface area contributed by atoms with Gasteiger partial charge >= 0.3 is 5.97 Å². The lowest BCUT2D eigenvalue weighted by Crippen LogP contribution is -2.35. The van der Waals surface area contributed by atoms with E-state index in [0.29, 0.717) is 24.6 Å². The fourth-order valence-electron chi connectivity index (χ4n) is 3.86. The molecule has 10 heteroatoms. The smallest absolute Gasteiger partial charge is 0.338 e. The van der Waals surface area contributed by atoms with Gasteiger partial charge < -0.3 is 19.5 Å². The summed E-state index contributed by atoms with van der Waals surface area (Å²) < 4.78 is 43.1. The maximum absolute atomic E-state index is 12.9. The van der Waals surface area contributed by atoms with Crippen LogP contribution in [0.2, 0.25) is 0 Å². The largest absolute Gasteiger partial charge is 0.454 e. The van der Waals surface area contributed by atoms with Crippen LogP contribution in [0, 0.1) is 0 Å². The van der Waals surface area contributed by atoms with Crippen LogP contribution in [0.4, 0.5) is 0 Å². The van der Waals surface area contributed by atoms with Crippen LogP contribution in [0.3, 0.4) is 0 Å². The number of ether oxygens (including phenoxy) is 3. The normalized spacial score (nSPS) is 17.0. The second-order valence-electron chi connectivity index (χ2n) is 8.30. The number of esters is 1. The van der Waals surface area contributed by atoms with Gasteiger partial charge in [0, 0.05) is 19.6 Å². The molecule has 1 amide bonds. The molecule has 182 valence electrons. The molecule has 1 fully saturated rings. The van der Waals surface area contributed by atoms with Crippen molar-refractivity contribution in [3.05, 3.63) is 53.6 Å². The van der Waals surface area contributed by atoms with Gasteiger partial charge in [0.05, 0.1) is 10.5 Å². The molecule has 0 aliphatic carbocycles. The van der Waals surface area contributed by atoms with Gasteiger partial charge in [-0.3, -0.25) is 4.79 Å². The monoisotopic (exact) mass is 488 g/mol. The Morgan fingerprint density at radius 2 is 1.68 bits per heavy atom. The van der Waals surface area contributed by atoms with Crippen molar-refractivity contribution in [3.8, 4) is 11.5 Å². The van der Waals surface area contributed by atoms with Gasteiger partial charge in [-0.1, -0.05) is 18.9 Å². The summed E-state index contributed by atoms with van der Waals surface area (Å²) in [5.41, 5.74) is 0.988. The number of amides is 1. The number of nitrogens with one attached hydrogen (secondary N) is 1. The molecule has 0 saturated carbocycles. The number of carbonyl (C=O) groups is 2. The van der Waals surface area contributed by atoms with Crippen molar-refractivity contribution in [1.29, 1.82) is 0 Å². The van der Waals surface area contributed by atoms with E-state index >= 15 is 0 Å². The zero-order valence-corrected chi connectivity index (χ0v) is 19.8. The van der Waals surface area contributed by atoms with Crippen molar-refractivity contribution < 1.29 is 32.2 Å². The number of hydrogen-bond acceptors (Lipinski definition) is 7. The summed E-state index contributed by atoms with van der Waals surface area (Å²) in [6.07, 6.45) is 2.72. The Balaban J connectivity index is 1.31. The van der Waals surface area contributed by atoms with Gasteiger partial charge in [-0.25, -0.2) is 13.2 Å². The van der Waals surface area contributed by atoms with Crippen LogP contribution in [0.5, 0.6) is 11.5 Å². The average Bonchev–Trinajstić information content (AvgIpc) is 3.12. The average molecular weight is 489 g/mol. The molecule has 1 atom stereocenters. The van der Waals surface area contributed by atoms with Gasteiger partial charge in [-0.05, 0) is 61.7 Å². The Morgan fingerprint density at radius 3 is 2.38 bits per heavy atom. The van der Waals surface area contributed by atoms with E-state index in [1.165, 1.54) is 35.5 Å². The van der Waals surface area contributed by atoms with Crippen molar-refractivity contribution in [2.24, 2.45) is 0 Å². The van der Waals surface area contributed by atoms with Crippen LogP contribution in [-0.4, -0.2) is 50.6 Å². The standard InChI is InChI=1S/C24H28N2O7S/c1-17(23(27)25-15-18-6-11-21-22(14-18)32-16-31-21)33-24(28)19-7-9-20(10-8-19)34(29,30)26-12-4-2-3-5-13-26/h6-11,14,17H,2-5,12-13,15-16H2,1H3,(H,25,27)/t17-/m0/s1. The molecule has 0 spiro atoms. The second-order valence-corrected chi connectivity index (χ2v) is 10.2. The van der Waals surface area contributed by atoms with Crippen LogP contribution in [0.15, 0.2) is 47.4 Å². The molecule has 4 rings (SSSR count). The molecule has 0 aromatic heterocycles. The highest BCUT2D eigenvalue weighted by atomic mass is 32.2. The van der Waals surface area contributed by atoms with Crippen LogP contribution in [0.1, 0.15) is 48.5 Å². The fourth-order valence-corrected chi connectivity index (χ4v) is 5.38. The van der Waals surface area contributed by atoms with Gasteiger partial charge in [0.15, 0.2) is 17.6 Å². The third-order valence-corrected chi connectivity index (χ3v) is 7.76. The number of carbonyl (C=O) groups excluding carboxylic acids is 2. The fraction of sp³-hybridized carbons (Fsp3) is 0.417. The van der Waals surface area contributed by atoms with E-state index in [1.807, 2.05) is 6.07 Å². The van der Waals surface area contributed by atoms with Crippen LogP contribution < -0.4 is 14.8 Å². The summed E-state index contributed by atoms with van der Waals surface area (Å²) in [6.45, 7) is 2.89. The molecule has 0 bridgehead atoms. The minimum absolute atomic E-state index is 0.139. The zero-order chi connectivity index (χ0) is 24.1. The molecular formula is C24H28N2O7S. The number of rotatable bonds is 7. The van der Waals surface area contributed by atoms with E-state index in [1.54, 1.807) is 12.1 Å². The highest BCUT2D eigenvalue weighted by molar-refractivity contribution is 7.89. The van der Waals surface area contributed by atoms with E-state index in [9.17, 15) is 18.0 Å². The van der Waals surface area contributed by atoms with E-state index in [4.69, 9.17) is 14.2 Å². The highest BCUT2D eigenvalue weighted by Gasteiger charge is 2.26. The molecule has 0 unspecified atom stereocenters. The number of benzene rings is 2. The van der Waals surface area contributed by atoms with Crippen molar-refractivity contribution in [2.75, 3.05) is 19.9 Å². The lowest BCUT2D eigenvalue weighted by atomic mass is 10.2. The predicted octanol–water partition coefficient (Wildman–Crippen LogP) is 2.84. The van der Waals surface area contributed by atoms with Gasteiger partial charge in [0.25, 0.3) is 5.91 Å². The summed E-state index contributed by atoms with van der Waals surface area (Å²) in [5, 5.41) is 2.72. The lowest BCUT2D eigenvalue weighted by Gasteiger charge is -2.20. The number of hydrogen-bond donors (Lipinski definition) is 1. The first-order chi connectivity index (χ1) is 16.3. The SMILES string of the molecule is C[C@H](OC(=O)c1ccc(S(=O)(=O)N2CCCCCC2)cc1)C(=O)NCc1ccc2c(c1)OCO2. The summed E-state index contributed by atoms with van der Waals surface area (Å²) in [5.74, 6) is 0.117. The van der Waals surface area contributed by atoms with Crippen molar-refractivity contribution in [1.82, 2.24) is 9.62 Å². The van der Waals surface area contributed by atoms with Gasteiger partial charge in [-0.2, -0.15) is 4.31 Å². The number of fused-ring (bicyclic) bond motifs is 1. The summed E-state index contributed by atoms with van der Waals surface area (Å²) in [7, 11) is -3.60. The third-order valence-electron chi connectivity index (χ3n) is 5.85. The van der Waals surface area contributed by atoms with E-state index in [-0.39, 0.29) is 23.8 Å². The maximum Gasteiger partial charge on any atom is 0.338 e. The molecule has 1 N–H and O–H groups in total. The van der Waals surface area contributed by atoms with E-state index < -0.39 is 28.0 Å². The van der Waals surface area contributed by atoms with Gasteiger partial charge in [0.1, 0.15) is 0 Å². The van der Waals surface area contributed by atoms with Gasteiger partial charge in [-0.15, -0.1) is 0 Å². The molecule has 2 heterocycles. The Morgan fingerprint density at radius 1 is 1.00 bits per heavy atom. The van der Waals surface area contributed by atoms with Crippen LogP contribution in [0.25, 0.3) is 0 Å². The number of sulfonamides is 1.